The quantitative estimate of drug-likeness (QED) is 0.789. The zero-order valence-electron chi connectivity index (χ0n) is 11.9. The highest BCUT2D eigenvalue weighted by molar-refractivity contribution is 5.88. The molecule has 19 heavy (non-hydrogen) atoms. The summed E-state index contributed by atoms with van der Waals surface area (Å²) in [7, 11) is 0. The van der Waals surface area contributed by atoms with Gasteiger partial charge in [0.25, 0.3) is 0 Å². The Kier molecular flexibility index (Phi) is 3.62. The Morgan fingerprint density at radius 1 is 1.37 bits per heavy atom. The summed E-state index contributed by atoms with van der Waals surface area (Å²) in [6, 6.07) is 3.79. The molecule has 1 aromatic heterocycles. The fourth-order valence-electron chi connectivity index (χ4n) is 2.27. The molecular formula is C15H21N3O. The molecule has 0 saturated heterocycles. The number of carbonyl (C=O) groups is 1. The van der Waals surface area contributed by atoms with Crippen molar-refractivity contribution < 1.29 is 4.79 Å². The minimum atomic E-state index is -0.479. The summed E-state index contributed by atoms with van der Waals surface area (Å²) in [5.74, 6) is -0.130. The standard InChI is InChI=1S/C15H21N3O/c1-8-5-12(7-17-15(19)10(3)16)14-13(6-8)9(2)11(4)18-14/h5-6,10,18H,7,16H2,1-4H3,(H,17,19)/t10-/m1/s1. The van der Waals surface area contributed by atoms with E-state index in [-0.39, 0.29) is 5.91 Å². The number of fused-ring (bicyclic) bond motifs is 1. The predicted molar refractivity (Wildman–Crippen MR) is 78.0 cm³/mol. The molecule has 0 bridgehead atoms. The Hall–Kier alpha value is -1.81. The maximum Gasteiger partial charge on any atom is 0.236 e. The highest BCUT2D eigenvalue weighted by Gasteiger charge is 2.11. The minimum absolute atomic E-state index is 0.130. The normalized spacial score (nSPS) is 12.7. The van der Waals surface area contributed by atoms with Crippen molar-refractivity contribution >= 4 is 16.8 Å². The SMILES string of the molecule is Cc1cc(CNC(=O)[C@@H](C)N)c2[nH]c(C)c(C)c2c1. The highest BCUT2D eigenvalue weighted by atomic mass is 16.2. The molecule has 4 N–H and O–H groups in total. The smallest absolute Gasteiger partial charge is 0.236 e. The van der Waals surface area contributed by atoms with Gasteiger partial charge in [-0.3, -0.25) is 4.79 Å². The first-order valence-corrected chi connectivity index (χ1v) is 6.52. The average molecular weight is 259 g/mol. The van der Waals surface area contributed by atoms with Crippen LogP contribution in [-0.2, 0) is 11.3 Å². The number of nitrogens with two attached hydrogens (primary N) is 1. The van der Waals surface area contributed by atoms with Crippen LogP contribution in [0.3, 0.4) is 0 Å². The van der Waals surface area contributed by atoms with E-state index in [0.29, 0.717) is 6.54 Å². The average Bonchev–Trinajstić information content (AvgIpc) is 2.63. The minimum Gasteiger partial charge on any atom is -0.358 e. The number of aryl methyl sites for hydroxylation is 3. The van der Waals surface area contributed by atoms with Crippen LogP contribution in [0.1, 0.15) is 29.3 Å². The molecule has 0 radical (unpaired) electrons. The Morgan fingerprint density at radius 3 is 2.68 bits per heavy atom. The van der Waals surface area contributed by atoms with Gasteiger partial charge in [-0.1, -0.05) is 11.6 Å². The Balaban J connectivity index is 2.37. The second-order valence-electron chi connectivity index (χ2n) is 5.23. The van der Waals surface area contributed by atoms with Crippen LogP contribution in [0.15, 0.2) is 12.1 Å². The van der Waals surface area contributed by atoms with Crippen molar-refractivity contribution in [2.24, 2.45) is 5.73 Å². The third-order valence-corrected chi connectivity index (χ3v) is 3.51. The molecule has 1 aromatic carbocycles. The molecule has 4 heteroatoms. The molecule has 0 fully saturated rings. The molecule has 0 spiro atoms. The number of carbonyl (C=O) groups excluding carboxylic acids is 1. The van der Waals surface area contributed by atoms with Crippen LogP contribution in [0.25, 0.3) is 10.9 Å². The van der Waals surface area contributed by atoms with Gasteiger partial charge < -0.3 is 16.0 Å². The van der Waals surface area contributed by atoms with Crippen LogP contribution in [0.2, 0.25) is 0 Å². The van der Waals surface area contributed by atoms with E-state index in [1.165, 1.54) is 22.2 Å². The van der Waals surface area contributed by atoms with Crippen LogP contribution < -0.4 is 11.1 Å². The number of nitrogens with one attached hydrogen (secondary N) is 2. The maximum absolute atomic E-state index is 11.6. The van der Waals surface area contributed by atoms with E-state index in [4.69, 9.17) is 5.73 Å². The number of amides is 1. The monoisotopic (exact) mass is 259 g/mol. The maximum atomic E-state index is 11.6. The lowest BCUT2D eigenvalue weighted by Crippen LogP contribution is -2.37. The number of hydrogen-bond donors (Lipinski definition) is 3. The Labute approximate surface area is 113 Å². The molecule has 2 rings (SSSR count). The van der Waals surface area contributed by atoms with Crippen molar-refractivity contribution in [3.05, 3.63) is 34.5 Å². The van der Waals surface area contributed by atoms with Crippen LogP contribution in [0.4, 0.5) is 0 Å². The zero-order valence-corrected chi connectivity index (χ0v) is 11.9. The molecule has 2 aromatic rings. The van der Waals surface area contributed by atoms with Crippen LogP contribution in [0.5, 0.6) is 0 Å². The molecule has 102 valence electrons. The summed E-state index contributed by atoms with van der Waals surface area (Å²) in [4.78, 5) is 15.0. The number of H-pyrrole nitrogens is 1. The van der Waals surface area contributed by atoms with Gasteiger partial charge in [-0.05, 0) is 44.9 Å². The van der Waals surface area contributed by atoms with Gasteiger partial charge in [-0.2, -0.15) is 0 Å². The van der Waals surface area contributed by atoms with Gasteiger partial charge in [0.2, 0.25) is 5.91 Å². The number of rotatable bonds is 3. The van der Waals surface area contributed by atoms with E-state index in [1.807, 2.05) is 0 Å². The van der Waals surface area contributed by atoms with Gasteiger partial charge in [0.1, 0.15) is 0 Å². The number of aromatic amines is 1. The predicted octanol–water partition coefficient (Wildman–Crippen LogP) is 2.06. The summed E-state index contributed by atoms with van der Waals surface area (Å²) >= 11 is 0. The first-order valence-electron chi connectivity index (χ1n) is 6.52. The molecule has 0 saturated carbocycles. The molecule has 0 aliphatic carbocycles. The summed E-state index contributed by atoms with van der Waals surface area (Å²) in [5, 5.41) is 4.09. The van der Waals surface area contributed by atoms with E-state index in [9.17, 15) is 4.79 Å². The second-order valence-corrected chi connectivity index (χ2v) is 5.23. The van der Waals surface area contributed by atoms with Crippen LogP contribution in [0, 0.1) is 20.8 Å². The van der Waals surface area contributed by atoms with Gasteiger partial charge in [-0.15, -0.1) is 0 Å². The summed E-state index contributed by atoms with van der Waals surface area (Å²) in [6.07, 6.45) is 0. The highest BCUT2D eigenvalue weighted by Crippen LogP contribution is 2.25. The third kappa shape index (κ3) is 2.63. The van der Waals surface area contributed by atoms with Gasteiger partial charge in [0.15, 0.2) is 0 Å². The molecule has 1 heterocycles. The second kappa shape index (κ2) is 5.05. The Bertz CT molecular complexity index is 626. The van der Waals surface area contributed by atoms with E-state index in [0.717, 1.165) is 11.1 Å². The fraction of sp³-hybridized carbons (Fsp3) is 0.400. The largest absolute Gasteiger partial charge is 0.358 e. The first-order chi connectivity index (χ1) is 8.90. The molecule has 0 aliphatic rings. The number of aromatic nitrogens is 1. The van der Waals surface area contributed by atoms with E-state index >= 15 is 0 Å². The molecule has 0 unspecified atom stereocenters. The summed E-state index contributed by atoms with van der Waals surface area (Å²) < 4.78 is 0. The summed E-state index contributed by atoms with van der Waals surface area (Å²) in [6.45, 7) is 8.42. The molecular weight excluding hydrogens is 238 g/mol. The molecule has 0 aliphatic heterocycles. The van der Waals surface area contributed by atoms with Gasteiger partial charge in [-0.25, -0.2) is 0 Å². The molecule has 1 atom stereocenters. The fourth-order valence-corrected chi connectivity index (χ4v) is 2.27. The van der Waals surface area contributed by atoms with E-state index in [2.05, 4.69) is 43.2 Å². The van der Waals surface area contributed by atoms with Crippen LogP contribution in [-0.4, -0.2) is 16.9 Å². The number of benzene rings is 1. The third-order valence-electron chi connectivity index (χ3n) is 3.51. The van der Waals surface area contributed by atoms with Crippen LogP contribution >= 0.6 is 0 Å². The van der Waals surface area contributed by atoms with Crippen molar-refractivity contribution in [2.75, 3.05) is 0 Å². The van der Waals surface area contributed by atoms with Crippen molar-refractivity contribution in [3.8, 4) is 0 Å². The van der Waals surface area contributed by atoms with E-state index < -0.39 is 6.04 Å². The van der Waals surface area contributed by atoms with Crippen molar-refractivity contribution in [3.63, 3.8) is 0 Å². The first kappa shape index (κ1) is 13.6. The Morgan fingerprint density at radius 2 is 2.05 bits per heavy atom. The zero-order chi connectivity index (χ0) is 14.2. The number of hydrogen-bond acceptors (Lipinski definition) is 2. The van der Waals surface area contributed by atoms with Crippen molar-refractivity contribution in [2.45, 2.75) is 40.3 Å². The van der Waals surface area contributed by atoms with E-state index in [1.54, 1.807) is 6.92 Å². The lowest BCUT2D eigenvalue weighted by molar-refractivity contribution is -0.122. The van der Waals surface area contributed by atoms with Crippen molar-refractivity contribution in [1.82, 2.24) is 10.3 Å². The molecule has 4 nitrogen and oxygen atoms in total. The topological polar surface area (TPSA) is 70.9 Å². The van der Waals surface area contributed by atoms with Crippen molar-refractivity contribution in [1.29, 1.82) is 0 Å². The lowest BCUT2D eigenvalue weighted by Gasteiger charge is -2.09. The van der Waals surface area contributed by atoms with Gasteiger partial charge >= 0.3 is 0 Å². The van der Waals surface area contributed by atoms with Gasteiger partial charge in [0.05, 0.1) is 11.6 Å². The van der Waals surface area contributed by atoms with Gasteiger partial charge in [0, 0.05) is 17.6 Å². The lowest BCUT2D eigenvalue weighted by atomic mass is 10.0. The summed E-state index contributed by atoms with van der Waals surface area (Å²) in [5.41, 5.74) is 11.4. The molecule has 1 amide bonds.